The monoisotopic (exact) mass is 293 g/mol. The van der Waals surface area contributed by atoms with Crippen LogP contribution in [0.3, 0.4) is 0 Å². The number of nitrogens with zero attached hydrogens (tertiary/aromatic N) is 1. The molecular weight excluding hydrogens is 273 g/mol. The zero-order chi connectivity index (χ0) is 15.1. The maximum Gasteiger partial charge on any atom is 0.124 e. The van der Waals surface area contributed by atoms with E-state index in [-0.39, 0.29) is 25.1 Å². The third-order valence-corrected chi connectivity index (χ3v) is 3.26. The highest BCUT2D eigenvalue weighted by atomic mass is 19.1. The number of morpholine rings is 1. The van der Waals surface area contributed by atoms with Crippen LogP contribution in [0.15, 0.2) is 18.2 Å². The summed E-state index contributed by atoms with van der Waals surface area (Å²) < 4.78 is 19.0. The summed E-state index contributed by atoms with van der Waals surface area (Å²) in [5.41, 5.74) is 1.47. The molecule has 0 saturated carbocycles. The van der Waals surface area contributed by atoms with Gasteiger partial charge in [0.2, 0.25) is 0 Å². The van der Waals surface area contributed by atoms with Gasteiger partial charge in [0.15, 0.2) is 0 Å². The van der Waals surface area contributed by atoms with E-state index in [1.807, 2.05) is 6.07 Å². The first-order valence-electron chi connectivity index (χ1n) is 7.05. The minimum Gasteiger partial charge on any atom is -0.395 e. The quantitative estimate of drug-likeness (QED) is 0.805. The predicted octanol–water partition coefficient (Wildman–Crippen LogP) is 0.753. The Hall–Kier alpha value is -1.45. The molecule has 0 aliphatic carbocycles. The average molecular weight is 293 g/mol. The van der Waals surface area contributed by atoms with Gasteiger partial charge in [-0.25, -0.2) is 4.39 Å². The fraction of sp³-hybridized carbons (Fsp3) is 0.500. The average Bonchev–Trinajstić information content (AvgIpc) is 2.47. The van der Waals surface area contributed by atoms with Gasteiger partial charge in [-0.3, -0.25) is 4.90 Å². The molecule has 0 aromatic heterocycles. The van der Waals surface area contributed by atoms with Crippen molar-refractivity contribution >= 4 is 0 Å². The van der Waals surface area contributed by atoms with E-state index in [0.29, 0.717) is 31.7 Å². The molecule has 1 aliphatic rings. The van der Waals surface area contributed by atoms with Gasteiger partial charge in [-0.1, -0.05) is 11.8 Å². The minimum absolute atomic E-state index is 0.00244. The van der Waals surface area contributed by atoms with E-state index in [9.17, 15) is 4.39 Å². The Bertz CT molecular complexity index is 524. The van der Waals surface area contributed by atoms with Crippen LogP contribution in [0.2, 0.25) is 0 Å². The lowest BCUT2D eigenvalue weighted by Gasteiger charge is -2.32. The zero-order valence-corrected chi connectivity index (χ0v) is 11.9. The smallest absolute Gasteiger partial charge is 0.124 e. The summed E-state index contributed by atoms with van der Waals surface area (Å²) in [6, 6.07) is 4.75. The summed E-state index contributed by atoms with van der Waals surface area (Å²) in [6.45, 7) is 2.58. The van der Waals surface area contributed by atoms with Gasteiger partial charge in [0.1, 0.15) is 5.82 Å². The minimum atomic E-state index is -0.312. The van der Waals surface area contributed by atoms with Gasteiger partial charge in [0.25, 0.3) is 0 Å². The Morgan fingerprint density at radius 2 is 2.19 bits per heavy atom. The zero-order valence-electron chi connectivity index (χ0n) is 11.9. The highest BCUT2D eigenvalue weighted by Gasteiger charge is 2.19. The van der Waals surface area contributed by atoms with Crippen molar-refractivity contribution in [2.45, 2.75) is 19.1 Å². The molecule has 2 rings (SSSR count). The standard InChI is InChI=1S/C16H20FNO3/c17-15-8-13(3-1-2-5-19)7-14(9-15)10-18-4-6-21-16(11-18)12-20/h7-9,16,19-20H,2,4-6,10-12H2. The van der Waals surface area contributed by atoms with Gasteiger partial charge in [-0.15, -0.1) is 0 Å². The fourth-order valence-electron chi connectivity index (χ4n) is 2.33. The van der Waals surface area contributed by atoms with Crippen LogP contribution in [0.5, 0.6) is 0 Å². The van der Waals surface area contributed by atoms with Gasteiger partial charge in [0.05, 0.1) is 25.9 Å². The Morgan fingerprint density at radius 1 is 1.33 bits per heavy atom. The van der Waals surface area contributed by atoms with E-state index in [2.05, 4.69) is 16.7 Å². The fourth-order valence-corrected chi connectivity index (χ4v) is 2.33. The van der Waals surface area contributed by atoms with E-state index in [1.165, 1.54) is 12.1 Å². The van der Waals surface area contributed by atoms with Crippen molar-refractivity contribution in [3.63, 3.8) is 0 Å². The first-order valence-corrected chi connectivity index (χ1v) is 7.05. The van der Waals surface area contributed by atoms with E-state index in [4.69, 9.17) is 14.9 Å². The maximum absolute atomic E-state index is 13.6. The van der Waals surface area contributed by atoms with Gasteiger partial charge in [0, 0.05) is 31.6 Å². The maximum atomic E-state index is 13.6. The highest BCUT2D eigenvalue weighted by molar-refractivity contribution is 5.37. The Balaban J connectivity index is 2.04. The molecule has 0 amide bonds. The second-order valence-electron chi connectivity index (χ2n) is 5.03. The van der Waals surface area contributed by atoms with E-state index >= 15 is 0 Å². The van der Waals surface area contributed by atoms with Crippen LogP contribution >= 0.6 is 0 Å². The number of aliphatic hydroxyl groups is 2. The van der Waals surface area contributed by atoms with Gasteiger partial charge in [-0.05, 0) is 23.8 Å². The second kappa shape index (κ2) is 8.11. The topological polar surface area (TPSA) is 52.9 Å². The number of hydrogen-bond acceptors (Lipinski definition) is 4. The number of halogens is 1. The normalized spacial score (nSPS) is 19.1. The molecule has 4 nitrogen and oxygen atoms in total. The van der Waals surface area contributed by atoms with E-state index in [0.717, 1.165) is 12.1 Å². The summed E-state index contributed by atoms with van der Waals surface area (Å²) in [6.07, 6.45) is 0.212. The van der Waals surface area contributed by atoms with Gasteiger partial charge in [-0.2, -0.15) is 0 Å². The molecule has 0 spiro atoms. The van der Waals surface area contributed by atoms with Crippen molar-refractivity contribution in [2.24, 2.45) is 0 Å². The summed E-state index contributed by atoms with van der Waals surface area (Å²) in [5, 5.41) is 17.8. The van der Waals surface area contributed by atoms with Crippen LogP contribution in [0.4, 0.5) is 4.39 Å². The van der Waals surface area contributed by atoms with Crippen LogP contribution in [0.25, 0.3) is 0 Å². The number of rotatable bonds is 4. The molecule has 1 saturated heterocycles. The number of hydrogen-bond donors (Lipinski definition) is 2. The molecule has 5 heteroatoms. The largest absolute Gasteiger partial charge is 0.395 e. The van der Waals surface area contributed by atoms with Crippen molar-refractivity contribution in [1.29, 1.82) is 0 Å². The van der Waals surface area contributed by atoms with Crippen molar-refractivity contribution in [2.75, 3.05) is 32.9 Å². The molecule has 114 valence electrons. The molecule has 1 unspecified atom stereocenters. The molecule has 0 bridgehead atoms. The summed E-state index contributed by atoms with van der Waals surface area (Å²) in [5.74, 6) is 5.33. The Kier molecular flexibility index (Phi) is 6.15. The Labute approximate surface area is 124 Å². The predicted molar refractivity (Wildman–Crippen MR) is 77.1 cm³/mol. The molecule has 1 aromatic carbocycles. The lowest BCUT2D eigenvalue weighted by molar-refractivity contribution is -0.0551. The summed E-state index contributed by atoms with van der Waals surface area (Å²) in [4.78, 5) is 2.13. The van der Waals surface area contributed by atoms with E-state index in [1.54, 1.807) is 0 Å². The lowest BCUT2D eigenvalue weighted by atomic mass is 10.1. The Morgan fingerprint density at radius 3 is 2.95 bits per heavy atom. The van der Waals surface area contributed by atoms with Crippen LogP contribution in [0.1, 0.15) is 17.5 Å². The van der Waals surface area contributed by atoms with Crippen LogP contribution < -0.4 is 0 Å². The molecule has 21 heavy (non-hydrogen) atoms. The number of benzene rings is 1. The SMILES string of the molecule is OCCC#Cc1cc(F)cc(CN2CCOC(CO)C2)c1. The van der Waals surface area contributed by atoms with E-state index < -0.39 is 0 Å². The first-order chi connectivity index (χ1) is 10.2. The summed E-state index contributed by atoms with van der Waals surface area (Å²) >= 11 is 0. The van der Waals surface area contributed by atoms with Crippen LogP contribution in [-0.2, 0) is 11.3 Å². The lowest BCUT2D eigenvalue weighted by Crippen LogP contribution is -2.43. The van der Waals surface area contributed by atoms with Crippen LogP contribution in [0, 0.1) is 17.7 Å². The van der Waals surface area contributed by atoms with Crippen molar-refractivity contribution in [3.8, 4) is 11.8 Å². The summed E-state index contributed by atoms with van der Waals surface area (Å²) in [7, 11) is 0. The molecule has 1 atom stereocenters. The van der Waals surface area contributed by atoms with Crippen molar-refractivity contribution in [1.82, 2.24) is 4.90 Å². The molecule has 0 radical (unpaired) electrons. The van der Waals surface area contributed by atoms with Gasteiger partial charge < -0.3 is 14.9 Å². The third-order valence-electron chi connectivity index (χ3n) is 3.26. The molecule has 1 aromatic rings. The molecule has 2 N–H and O–H groups in total. The number of ether oxygens (including phenoxy) is 1. The molecule has 1 fully saturated rings. The van der Waals surface area contributed by atoms with Crippen LogP contribution in [-0.4, -0.2) is 54.1 Å². The number of aliphatic hydroxyl groups excluding tert-OH is 2. The first kappa shape index (κ1) is 15.9. The third kappa shape index (κ3) is 5.10. The second-order valence-corrected chi connectivity index (χ2v) is 5.03. The van der Waals surface area contributed by atoms with Gasteiger partial charge >= 0.3 is 0 Å². The molecule has 1 aliphatic heterocycles. The molecule has 1 heterocycles. The van der Waals surface area contributed by atoms with Crippen molar-refractivity contribution < 1.29 is 19.3 Å². The highest BCUT2D eigenvalue weighted by Crippen LogP contribution is 2.14. The molecular formula is C16H20FNO3. The van der Waals surface area contributed by atoms with Crippen molar-refractivity contribution in [3.05, 3.63) is 35.1 Å².